The molecular formula is C24H28ClN5O4. The van der Waals surface area contributed by atoms with Gasteiger partial charge >= 0.3 is 0 Å². The van der Waals surface area contributed by atoms with Crippen molar-refractivity contribution in [1.29, 1.82) is 0 Å². The van der Waals surface area contributed by atoms with Crippen molar-refractivity contribution in [3.63, 3.8) is 0 Å². The number of benzene rings is 2. The number of amides is 2. The van der Waals surface area contributed by atoms with Crippen LogP contribution in [0.15, 0.2) is 48.5 Å². The van der Waals surface area contributed by atoms with Gasteiger partial charge in [-0.05, 0) is 42.7 Å². The molecule has 2 heterocycles. The smallest absolute Gasteiger partial charge is 0.247 e. The summed E-state index contributed by atoms with van der Waals surface area (Å²) in [4.78, 5) is 28.7. The summed E-state index contributed by atoms with van der Waals surface area (Å²) in [7, 11) is 1.57. The quantitative estimate of drug-likeness (QED) is 0.443. The predicted molar refractivity (Wildman–Crippen MR) is 127 cm³/mol. The Labute approximate surface area is 203 Å². The molecule has 0 radical (unpaired) electrons. The summed E-state index contributed by atoms with van der Waals surface area (Å²) in [5.41, 5.74) is 2.11. The number of methoxy groups -OCH3 is 1. The number of halogens is 1. The van der Waals surface area contributed by atoms with E-state index in [1.165, 1.54) is 0 Å². The van der Waals surface area contributed by atoms with Gasteiger partial charge in [0.2, 0.25) is 11.8 Å². The van der Waals surface area contributed by atoms with Gasteiger partial charge in [-0.15, -0.1) is 5.10 Å². The molecule has 1 aliphatic heterocycles. The zero-order valence-electron chi connectivity index (χ0n) is 19.0. The predicted octanol–water partition coefficient (Wildman–Crippen LogP) is 2.60. The Kier molecular flexibility index (Phi) is 8.10. The van der Waals surface area contributed by atoms with Crippen LogP contribution in [0.4, 0.5) is 0 Å². The topological polar surface area (TPSA) is 98.6 Å². The Balaban J connectivity index is 1.66. The zero-order chi connectivity index (χ0) is 23.9. The van der Waals surface area contributed by atoms with Crippen molar-refractivity contribution < 1.29 is 19.1 Å². The van der Waals surface area contributed by atoms with Crippen LogP contribution in [-0.4, -0.2) is 71.2 Å². The number of nitrogens with zero attached hydrogens (tertiary/aromatic N) is 4. The van der Waals surface area contributed by atoms with E-state index in [1.54, 1.807) is 41.0 Å². The van der Waals surface area contributed by atoms with Gasteiger partial charge in [0.05, 0.1) is 18.2 Å². The van der Waals surface area contributed by atoms with Gasteiger partial charge in [-0.3, -0.25) is 9.59 Å². The Bertz CT molecular complexity index is 1110. The summed E-state index contributed by atoms with van der Waals surface area (Å²) in [6, 6.07) is 13.5. The first kappa shape index (κ1) is 24.1. The fraction of sp³-hybridized carbons (Fsp3) is 0.417. The van der Waals surface area contributed by atoms with Gasteiger partial charge in [0.15, 0.2) is 0 Å². The van der Waals surface area contributed by atoms with E-state index >= 15 is 0 Å². The third kappa shape index (κ3) is 5.72. The lowest BCUT2D eigenvalue weighted by molar-refractivity contribution is -0.143. The molecule has 4 rings (SSSR count). The van der Waals surface area contributed by atoms with Crippen molar-refractivity contribution in [3.8, 4) is 0 Å². The second-order valence-corrected chi connectivity index (χ2v) is 8.59. The molecule has 0 unspecified atom stereocenters. The van der Waals surface area contributed by atoms with Gasteiger partial charge in [0.1, 0.15) is 18.1 Å². The summed E-state index contributed by atoms with van der Waals surface area (Å²) in [6.45, 7) is 1.57. The normalized spacial score (nSPS) is 16.5. The second-order valence-electron chi connectivity index (χ2n) is 8.15. The fourth-order valence-corrected chi connectivity index (χ4v) is 4.23. The molecule has 10 heteroatoms. The van der Waals surface area contributed by atoms with E-state index in [9.17, 15) is 9.59 Å². The number of fused-ring (bicyclic) bond motifs is 1. The fourth-order valence-electron chi connectivity index (χ4n) is 4.10. The minimum absolute atomic E-state index is 0.0529. The van der Waals surface area contributed by atoms with Crippen LogP contribution in [-0.2, 0) is 25.6 Å². The van der Waals surface area contributed by atoms with Crippen molar-refractivity contribution in [2.75, 3.05) is 33.4 Å². The zero-order valence-corrected chi connectivity index (χ0v) is 19.8. The van der Waals surface area contributed by atoms with Crippen LogP contribution in [0.2, 0.25) is 5.02 Å². The largest absolute Gasteiger partial charge is 0.383 e. The standard InChI is InChI=1S/C24H28ClN5O4/c1-33-14-12-26-24(32)23(17-8-10-18(25)11-9-17)29(15-19-5-4-13-34-19)22(31)16-30-21-7-3-2-6-20(21)27-28-30/h2-3,6-11,19,23H,4-5,12-16H2,1H3,(H,26,32)/t19-,23+/m1/s1. The summed E-state index contributed by atoms with van der Waals surface area (Å²) in [6.07, 6.45) is 1.61. The molecule has 1 N–H and O–H groups in total. The van der Waals surface area contributed by atoms with Crippen LogP contribution in [0.5, 0.6) is 0 Å². The number of para-hydroxylation sites is 1. The Morgan fingerprint density at radius 2 is 2.06 bits per heavy atom. The molecular weight excluding hydrogens is 458 g/mol. The van der Waals surface area contributed by atoms with E-state index in [-0.39, 0.29) is 31.0 Å². The average molecular weight is 486 g/mol. The number of hydrogen-bond donors (Lipinski definition) is 1. The third-order valence-corrected chi connectivity index (χ3v) is 6.05. The number of carbonyl (C=O) groups is 2. The molecule has 1 aromatic heterocycles. The van der Waals surface area contributed by atoms with Gasteiger partial charge in [0, 0.05) is 31.8 Å². The van der Waals surface area contributed by atoms with E-state index in [4.69, 9.17) is 21.1 Å². The van der Waals surface area contributed by atoms with Crippen LogP contribution in [0.1, 0.15) is 24.4 Å². The Morgan fingerprint density at radius 3 is 2.79 bits per heavy atom. The molecule has 2 atom stereocenters. The second kappa shape index (κ2) is 11.4. The molecule has 9 nitrogen and oxygen atoms in total. The highest BCUT2D eigenvalue weighted by Gasteiger charge is 2.34. The van der Waals surface area contributed by atoms with E-state index < -0.39 is 6.04 Å². The molecule has 1 saturated heterocycles. The lowest BCUT2D eigenvalue weighted by atomic mass is 10.0. The van der Waals surface area contributed by atoms with Gasteiger partial charge in [-0.1, -0.05) is 41.1 Å². The van der Waals surface area contributed by atoms with Crippen molar-refractivity contribution in [3.05, 3.63) is 59.1 Å². The SMILES string of the molecule is COCCNC(=O)[C@H](c1ccc(Cl)cc1)N(C[C@H]1CCCO1)C(=O)Cn1nnc2ccccc21. The van der Waals surface area contributed by atoms with Crippen LogP contribution >= 0.6 is 11.6 Å². The number of rotatable bonds is 10. The van der Waals surface area contributed by atoms with Crippen LogP contribution < -0.4 is 5.32 Å². The Morgan fingerprint density at radius 1 is 1.26 bits per heavy atom. The molecule has 1 aliphatic rings. The van der Waals surface area contributed by atoms with E-state index in [0.717, 1.165) is 18.4 Å². The van der Waals surface area contributed by atoms with Crippen molar-refractivity contribution in [2.24, 2.45) is 0 Å². The molecule has 2 amide bonds. The Hall–Kier alpha value is -3.01. The number of aromatic nitrogens is 3. The highest BCUT2D eigenvalue weighted by atomic mass is 35.5. The maximum absolute atomic E-state index is 13.7. The summed E-state index contributed by atoms with van der Waals surface area (Å²) >= 11 is 6.09. The minimum atomic E-state index is -0.861. The van der Waals surface area contributed by atoms with Crippen LogP contribution in [0.3, 0.4) is 0 Å². The molecule has 0 bridgehead atoms. The maximum Gasteiger partial charge on any atom is 0.247 e. The molecule has 180 valence electrons. The highest BCUT2D eigenvalue weighted by molar-refractivity contribution is 6.30. The third-order valence-electron chi connectivity index (χ3n) is 5.80. The van der Waals surface area contributed by atoms with Crippen LogP contribution in [0.25, 0.3) is 11.0 Å². The van der Waals surface area contributed by atoms with Gasteiger partial charge in [-0.2, -0.15) is 0 Å². The highest BCUT2D eigenvalue weighted by Crippen LogP contribution is 2.26. The van der Waals surface area contributed by atoms with Gasteiger partial charge in [-0.25, -0.2) is 4.68 Å². The van der Waals surface area contributed by atoms with E-state index in [0.29, 0.717) is 35.9 Å². The lowest BCUT2D eigenvalue weighted by Gasteiger charge is -2.33. The molecule has 0 aliphatic carbocycles. The van der Waals surface area contributed by atoms with E-state index in [2.05, 4.69) is 15.6 Å². The number of nitrogens with one attached hydrogen (secondary N) is 1. The van der Waals surface area contributed by atoms with Crippen molar-refractivity contribution in [2.45, 2.75) is 31.5 Å². The molecule has 3 aromatic rings. The summed E-state index contributed by atoms with van der Waals surface area (Å²) in [5.74, 6) is -0.554. The van der Waals surface area contributed by atoms with Gasteiger partial charge in [0.25, 0.3) is 0 Å². The first-order valence-corrected chi connectivity index (χ1v) is 11.7. The maximum atomic E-state index is 13.7. The number of ether oxygens (including phenoxy) is 2. The molecule has 0 spiro atoms. The minimum Gasteiger partial charge on any atom is -0.383 e. The molecule has 34 heavy (non-hydrogen) atoms. The van der Waals surface area contributed by atoms with E-state index in [1.807, 2.05) is 24.3 Å². The first-order valence-electron chi connectivity index (χ1n) is 11.3. The van der Waals surface area contributed by atoms with Crippen LogP contribution in [0, 0.1) is 0 Å². The van der Waals surface area contributed by atoms with Crippen molar-refractivity contribution in [1.82, 2.24) is 25.2 Å². The summed E-state index contributed by atoms with van der Waals surface area (Å²) < 4.78 is 12.4. The molecule has 1 fully saturated rings. The lowest BCUT2D eigenvalue weighted by Crippen LogP contribution is -2.48. The molecule has 0 saturated carbocycles. The number of carbonyl (C=O) groups excluding carboxylic acids is 2. The monoisotopic (exact) mass is 485 g/mol. The average Bonchev–Trinajstić information content (AvgIpc) is 3.50. The summed E-state index contributed by atoms with van der Waals surface area (Å²) in [5, 5.41) is 11.7. The van der Waals surface area contributed by atoms with Gasteiger partial charge < -0.3 is 19.7 Å². The number of hydrogen-bond acceptors (Lipinski definition) is 6. The first-order chi connectivity index (χ1) is 16.6. The van der Waals surface area contributed by atoms with Crippen molar-refractivity contribution >= 4 is 34.4 Å². The molecule has 2 aromatic carbocycles.